The van der Waals surface area contributed by atoms with E-state index in [9.17, 15) is 0 Å². The highest BCUT2D eigenvalue weighted by molar-refractivity contribution is 5.80. The lowest BCUT2D eigenvalue weighted by molar-refractivity contribution is 0.238. The van der Waals surface area contributed by atoms with E-state index in [-0.39, 0.29) is 5.54 Å². The molecule has 1 fully saturated rings. The van der Waals surface area contributed by atoms with Gasteiger partial charge in [-0.3, -0.25) is 5.43 Å². The van der Waals surface area contributed by atoms with Crippen molar-refractivity contribution < 1.29 is 0 Å². The van der Waals surface area contributed by atoms with Crippen LogP contribution in [0.15, 0.2) is 4.99 Å². The third kappa shape index (κ3) is 2.61. The molecule has 4 nitrogen and oxygen atoms in total. The summed E-state index contributed by atoms with van der Waals surface area (Å²) in [6.07, 6.45) is 3.46. The largest absolute Gasteiger partial charge is 0.340 e. The molecule has 3 N–H and O–H groups in total. The molecule has 0 spiro atoms. The highest BCUT2D eigenvalue weighted by Gasteiger charge is 2.27. The van der Waals surface area contributed by atoms with Gasteiger partial charge in [0.05, 0.1) is 6.04 Å². The molecule has 1 rings (SSSR count). The van der Waals surface area contributed by atoms with Gasteiger partial charge in [0.1, 0.15) is 0 Å². The number of nitrogens with zero attached hydrogens (tertiary/aromatic N) is 2. The molecular weight excluding hydrogens is 176 g/mol. The number of hydrogen-bond acceptors (Lipinski definition) is 2. The van der Waals surface area contributed by atoms with Crippen molar-refractivity contribution >= 4 is 5.96 Å². The van der Waals surface area contributed by atoms with E-state index in [1.165, 1.54) is 12.8 Å². The Morgan fingerprint density at radius 1 is 1.57 bits per heavy atom. The first-order valence-electron chi connectivity index (χ1n) is 5.29. The summed E-state index contributed by atoms with van der Waals surface area (Å²) >= 11 is 0. The Kier molecular flexibility index (Phi) is 3.37. The van der Waals surface area contributed by atoms with Crippen molar-refractivity contribution in [2.45, 2.75) is 51.6 Å². The fourth-order valence-electron chi connectivity index (χ4n) is 1.12. The van der Waals surface area contributed by atoms with Gasteiger partial charge in [0, 0.05) is 12.6 Å². The summed E-state index contributed by atoms with van der Waals surface area (Å²) in [5.41, 5.74) is 2.79. The predicted molar refractivity (Wildman–Crippen MR) is 59.9 cm³/mol. The van der Waals surface area contributed by atoms with Gasteiger partial charge in [-0.2, -0.15) is 0 Å². The summed E-state index contributed by atoms with van der Waals surface area (Å²) in [6.45, 7) is 6.54. The highest BCUT2D eigenvalue weighted by atomic mass is 15.4. The highest BCUT2D eigenvalue weighted by Crippen LogP contribution is 2.25. The maximum Gasteiger partial charge on any atom is 0.208 e. The summed E-state index contributed by atoms with van der Waals surface area (Å²) in [4.78, 5) is 6.64. The predicted octanol–water partition coefficient (Wildman–Crippen LogP) is 1.09. The minimum Gasteiger partial charge on any atom is -0.340 e. The Labute approximate surface area is 86.5 Å². The molecule has 0 aromatic heterocycles. The van der Waals surface area contributed by atoms with Crippen LogP contribution in [0.4, 0.5) is 0 Å². The van der Waals surface area contributed by atoms with E-state index in [2.05, 4.69) is 36.1 Å². The van der Waals surface area contributed by atoms with Crippen molar-refractivity contribution in [3.05, 3.63) is 0 Å². The number of hydrogen-bond donors (Lipinski definition) is 2. The maximum absolute atomic E-state index is 5.48. The van der Waals surface area contributed by atoms with Crippen molar-refractivity contribution in [2.24, 2.45) is 10.8 Å². The van der Waals surface area contributed by atoms with Gasteiger partial charge in [0.25, 0.3) is 0 Å². The molecule has 4 heteroatoms. The molecule has 0 bridgehead atoms. The van der Waals surface area contributed by atoms with Crippen molar-refractivity contribution in [3.63, 3.8) is 0 Å². The van der Waals surface area contributed by atoms with Crippen LogP contribution in [0.5, 0.6) is 0 Å². The van der Waals surface area contributed by atoms with E-state index in [4.69, 9.17) is 5.84 Å². The molecule has 1 saturated carbocycles. The molecule has 1 aliphatic rings. The molecule has 0 amide bonds. The molecule has 82 valence electrons. The standard InChI is InChI=1S/C10H22N4/c1-5-10(2,3)14(4)9(13-11)12-8-6-7-8/h8H,5-7,11H2,1-4H3,(H,12,13). The minimum atomic E-state index is 0.0973. The molecule has 0 aromatic rings. The molecule has 0 saturated heterocycles. The number of hydrazine groups is 1. The summed E-state index contributed by atoms with van der Waals surface area (Å²) in [5, 5.41) is 0. The zero-order valence-electron chi connectivity index (χ0n) is 9.67. The average molecular weight is 198 g/mol. The van der Waals surface area contributed by atoms with Crippen LogP contribution in [0, 0.1) is 0 Å². The number of aliphatic imine (C=N–C) groups is 1. The summed E-state index contributed by atoms with van der Waals surface area (Å²) in [7, 11) is 2.03. The second kappa shape index (κ2) is 4.17. The smallest absolute Gasteiger partial charge is 0.208 e. The molecule has 0 atom stereocenters. The van der Waals surface area contributed by atoms with Crippen LogP contribution >= 0.6 is 0 Å². The summed E-state index contributed by atoms with van der Waals surface area (Å²) in [5.74, 6) is 6.28. The summed E-state index contributed by atoms with van der Waals surface area (Å²) < 4.78 is 0. The van der Waals surface area contributed by atoms with Crippen molar-refractivity contribution in [3.8, 4) is 0 Å². The Hall–Kier alpha value is -0.770. The summed E-state index contributed by atoms with van der Waals surface area (Å²) in [6, 6.07) is 0.496. The van der Waals surface area contributed by atoms with Gasteiger partial charge in [-0.15, -0.1) is 0 Å². The first kappa shape index (κ1) is 11.3. The number of nitrogens with one attached hydrogen (secondary N) is 1. The Balaban J connectivity index is 2.68. The molecular formula is C10H22N4. The SMILES string of the molecule is CCC(C)(C)N(C)C(=NC1CC1)NN. The Morgan fingerprint density at radius 3 is 2.50 bits per heavy atom. The van der Waals surface area contributed by atoms with E-state index < -0.39 is 0 Å². The molecule has 0 unspecified atom stereocenters. The van der Waals surface area contributed by atoms with Crippen LogP contribution < -0.4 is 11.3 Å². The van der Waals surface area contributed by atoms with E-state index >= 15 is 0 Å². The van der Waals surface area contributed by atoms with Crippen LogP contribution in [0.2, 0.25) is 0 Å². The monoisotopic (exact) mass is 198 g/mol. The van der Waals surface area contributed by atoms with E-state index in [0.717, 1.165) is 12.4 Å². The van der Waals surface area contributed by atoms with Gasteiger partial charge >= 0.3 is 0 Å². The zero-order valence-corrected chi connectivity index (χ0v) is 9.67. The van der Waals surface area contributed by atoms with Crippen LogP contribution in [0.1, 0.15) is 40.0 Å². The van der Waals surface area contributed by atoms with Crippen LogP contribution in [0.25, 0.3) is 0 Å². The molecule has 0 aliphatic heterocycles. The third-order valence-corrected chi connectivity index (χ3v) is 3.07. The van der Waals surface area contributed by atoms with Gasteiger partial charge in [-0.05, 0) is 33.1 Å². The lowest BCUT2D eigenvalue weighted by atomic mass is 10.0. The van der Waals surface area contributed by atoms with Gasteiger partial charge < -0.3 is 4.90 Å². The number of rotatable bonds is 3. The Bertz CT molecular complexity index is 218. The van der Waals surface area contributed by atoms with Crippen LogP contribution in [-0.4, -0.2) is 29.5 Å². The van der Waals surface area contributed by atoms with Crippen LogP contribution in [-0.2, 0) is 0 Å². The van der Waals surface area contributed by atoms with Gasteiger partial charge in [-0.1, -0.05) is 6.92 Å². The van der Waals surface area contributed by atoms with Crippen molar-refractivity contribution in [2.75, 3.05) is 7.05 Å². The lowest BCUT2D eigenvalue weighted by Crippen LogP contribution is -2.52. The fraction of sp³-hybridized carbons (Fsp3) is 0.900. The first-order chi connectivity index (χ1) is 6.51. The third-order valence-electron chi connectivity index (χ3n) is 3.07. The molecule has 14 heavy (non-hydrogen) atoms. The zero-order chi connectivity index (χ0) is 10.8. The normalized spacial score (nSPS) is 18.2. The topological polar surface area (TPSA) is 53.6 Å². The first-order valence-corrected chi connectivity index (χ1v) is 5.29. The van der Waals surface area contributed by atoms with Crippen molar-refractivity contribution in [1.82, 2.24) is 10.3 Å². The lowest BCUT2D eigenvalue weighted by Gasteiger charge is -2.36. The quantitative estimate of drug-likeness (QED) is 0.309. The van der Waals surface area contributed by atoms with Gasteiger partial charge in [0.2, 0.25) is 5.96 Å². The molecule has 0 aromatic carbocycles. The minimum absolute atomic E-state index is 0.0973. The maximum atomic E-state index is 5.48. The molecule has 0 radical (unpaired) electrons. The molecule has 1 aliphatic carbocycles. The van der Waals surface area contributed by atoms with Crippen molar-refractivity contribution in [1.29, 1.82) is 0 Å². The number of nitrogens with two attached hydrogens (primary N) is 1. The Morgan fingerprint density at radius 2 is 2.14 bits per heavy atom. The van der Waals surface area contributed by atoms with Crippen LogP contribution in [0.3, 0.4) is 0 Å². The van der Waals surface area contributed by atoms with E-state index in [1.54, 1.807) is 0 Å². The van der Waals surface area contributed by atoms with E-state index in [1.807, 2.05) is 7.05 Å². The number of guanidine groups is 1. The van der Waals surface area contributed by atoms with Gasteiger partial charge in [-0.25, -0.2) is 10.8 Å². The second-order valence-electron chi connectivity index (χ2n) is 4.55. The second-order valence-corrected chi connectivity index (χ2v) is 4.55. The van der Waals surface area contributed by atoms with E-state index in [0.29, 0.717) is 6.04 Å². The molecule has 0 heterocycles. The van der Waals surface area contributed by atoms with Gasteiger partial charge in [0.15, 0.2) is 0 Å². The average Bonchev–Trinajstić information content (AvgIpc) is 2.96. The fourth-order valence-corrected chi connectivity index (χ4v) is 1.12.